The largest absolute Gasteiger partial charge is 0.302 e. The lowest BCUT2D eigenvalue weighted by Gasteiger charge is -2.41. The molecule has 0 radical (unpaired) electrons. The maximum absolute atomic E-state index is 14.4. The molecule has 0 aliphatic heterocycles. The Bertz CT molecular complexity index is 834. The Labute approximate surface area is 139 Å². The van der Waals surface area contributed by atoms with E-state index in [-0.39, 0.29) is 27.9 Å². The third-order valence-corrected chi connectivity index (χ3v) is 5.58. The van der Waals surface area contributed by atoms with Gasteiger partial charge in [0.15, 0.2) is 5.82 Å². The van der Waals surface area contributed by atoms with Crippen molar-refractivity contribution in [2.24, 2.45) is 5.41 Å². The number of nitrogens with zero attached hydrogens (tertiary/aromatic N) is 2. The van der Waals surface area contributed by atoms with Crippen molar-refractivity contribution < 1.29 is 13.6 Å². The van der Waals surface area contributed by atoms with Crippen molar-refractivity contribution in [2.75, 3.05) is 5.32 Å². The molecular formula is C18H21F2N3O. The Morgan fingerprint density at radius 3 is 2.54 bits per heavy atom. The molecule has 0 spiro atoms. The van der Waals surface area contributed by atoms with E-state index in [1.54, 1.807) is 4.57 Å². The van der Waals surface area contributed by atoms with Crippen LogP contribution in [0.5, 0.6) is 0 Å². The minimum absolute atomic E-state index is 0.0820. The standard InChI is InChI=1S/C18H21F2N3O/c1-17(6-7-17)10-14(24)22-16-21-13-9-11(19)8-12(20)15(13)23(16)18(2)4-3-5-18/h8-9H,3-7,10H2,1-2H3,(H,21,22,24). The van der Waals surface area contributed by atoms with Crippen molar-refractivity contribution in [3.05, 3.63) is 23.8 Å². The zero-order valence-electron chi connectivity index (χ0n) is 14.0. The zero-order valence-corrected chi connectivity index (χ0v) is 14.0. The lowest BCUT2D eigenvalue weighted by atomic mass is 9.78. The predicted molar refractivity (Wildman–Crippen MR) is 87.7 cm³/mol. The highest BCUT2D eigenvalue weighted by molar-refractivity contribution is 5.92. The molecular weight excluding hydrogens is 312 g/mol. The first-order chi connectivity index (χ1) is 11.3. The fourth-order valence-electron chi connectivity index (χ4n) is 3.60. The number of nitrogens with one attached hydrogen (secondary N) is 1. The second-order valence-corrected chi connectivity index (χ2v) is 7.91. The SMILES string of the molecule is CC1(CC(=O)Nc2nc3cc(F)cc(F)c3n2C2(C)CCC2)CC1. The van der Waals surface area contributed by atoms with Gasteiger partial charge in [0.2, 0.25) is 11.9 Å². The maximum Gasteiger partial charge on any atom is 0.227 e. The molecule has 2 fully saturated rings. The monoisotopic (exact) mass is 333 g/mol. The van der Waals surface area contributed by atoms with Gasteiger partial charge in [0.1, 0.15) is 11.3 Å². The number of anilines is 1. The Kier molecular flexibility index (Phi) is 3.24. The van der Waals surface area contributed by atoms with Crippen LogP contribution in [0.1, 0.15) is 52.4 Å². The number of benzene rings is 1. The second kappa shape index (κ2) is 5.01. The van der Waals surface area contributed by atoms with Gasteiger partial charge < -0.3 is 4.57 Å². The van der Waals surface area contributed by atoms with Crippen molar-refractivity contribution in [3.63, 3.8) is 0 Å². The molecule has 2 aliphatic carbocycles. The molecule has 2 aromatic rings. The number of hydrogen-bond donors (Lipinski definition) is 1. The smallest absolute Gasteiger partial charge is 0.227 e. The molecule has 1 amide bonds. The number of imidazole rings is 1. The van der Waals surface area contributed by atoms with E-state index in [1.807, 2.05) is 6.92 Å². The van der Waals surface area contributed by atoms with Crippen LogP contribution in [-0.2, 0) is 10.3 Å². The van der Waals surface area contributed by atoms with Gasteiger partial charge in [0.25, 0.3) is 0 Å². The van der Waals surface area contributed by atoms with Gasteiger partial charge in [-0.3, -0.25) is 10.1 Å². The lowest BCUT2D eigenvalue weighted by molar-refractivity contribution is -0.117. The Morgan fingerprint density at radius 2 is 1.96 bits per heavy atom. The van der Waals surface area contributed by atoms with Crippen molar-refractivity contribution in [2.45, 2.75) is 57.9 Å². The van der Waals surface area contributed by atoms with E-state index in [4.69, 9.17) is 0 Å². The molecule has 4 nitrogen and oxygen atoms in total. The number of amides is 1. The van der Waals surface area contributed by atoms with Gasteiger partial charge in [-0.25, -0.2) is 13.8 Å². The molecule has 0 saturated heterocycles. The molecule has 1 aromatic heterocycles. The third-order valence-electron chi connectivity index (χ3n) is 5.58. The first-order valence-corrected chi connectivity index (χ1v) is 8.48. The van der Waals surface area contributed by atoms with Gasteiger partial charge in [-0.2, -0.15) is 0 Å². The van der Waals surface area contributed by atoms with Crippen molar-refractivity contribution in [1.82, 2.24) is 9.55 Å². The Hall–Kier alpha value is -1.98. The summed E-state index contributed by atoms with van der Waals surface area (Å²) in [6.45, 7) is 4.11. The third kappa shape index (κ3) is 2.48. The maximum atomic E-state index is 14.4. The summed E-state index contributed by atoms with van der Waals surface area (Å²) in [6, 6.07) is 2.09. The summed E-state index contributed by atoms with van der Waals surface area (Å²) in [5.41, 5.74) is 0.304. The molecule has 1 heterocycles. The van der Waals surface area contributed by atoms with E-state index < -0.39 is 11.6 Å². The summed E-state index contributed by atoms with van der Waals surface area (Å²) in [7, 11) is 0. The van der Waals surface area contributed by atoms with Gasteiger partial charge in [0.05, 0.1) is 5.52 Å². The minimum Gasteiger partial charge on any atom is -0.302 e. The van der Waals surface area contributed by atoms with Crippen molar-refractivity contribution in [1.29, 1.82) is 0 Å². The summed E-state index contributed by atoms with van der Waals surface area (Å²) >= 11 is 0. The lowest BCUT2D eigenvalue weighted by Crippen LogP contribution is -2.38. The van der Waals surface area contributed by atoms with Crippen LogP contribution >= 0.6 is 0 Å². The summed E-state index contributed by atoms with van der Waals surface area (Å²) in [5.74, 6) is -1.09. The van der Waals surface area contributed by atoms with Crippen LogP contribution in [0.25, 0.3) is 11.0 Å². The summed E-state index contributed by atoms with van der Waals surface area (Å²) in [4.78, 5) is 16.7. The van der Waals surface area contributed by atoms with Gasteiger partial charge in [-0.05, 0) is 44.4 Å². The molecule has 128 valence electrons. The van der Waals surface area contributed by atoms with Gasteiger partial charge >= 0.3 is 0 Å². The first kappa shape index (κ1) is 15.5. The molecule has 24 heavy (non-hydrogen) atoms. The number of rotatable bonds is 4. The number of halogens is 2. The minimum atomic E-state index is -0.660. The van der Waals surface area contributed by atoms with E-state index >= 15 is 0 Å². The summed E-state index contributed by atoms with van der Waals surface area (Å²) in [6.07, 6.45) is 5.35. The number of hydrogen-bond acceptors (Lipinski definition) is 2. The van der Waals surface area contributed by atoms with Crippen LogP contribution in [0.2, 0.25) is 0 Å². The highest BCUT2D eigenvalue weighted by atomic mass is 19.1. The normalized spacial score (nSPS) is 20.7. The van der Waals surface area contributed by atoms with Gasteiger partial charge in [-0.15, -0.1) is 0 Å². The number of carbonyl (C=O) groups is 1. The van der Waals surface area contributed by atoms with E-state index in [9.17, 15) is 13.6 Å². The highest BCUT2D eigenvalue weighted by Gasteiger charge is 2.41. The van der Waals surface area contributed by atoms with Crippen molar-refractivity contribution >= 4 is 22.9 Å². The summed E-state index contributed by atoms with van der Waals surface area (Å²) in [5, 5.41) is 2.84. The molecule has 0 unspecified atom stereocenters. The fourth-order valence-corrected chi connectivity index (χ4v) is 3.60. The van der Waals surface area contributed by atoms with Gasteiger partial charge in [-0.1, -0.05) is 6.92 Å². The van der Waals surface area contributed by atoms with Crippen LogP contribution in [0.4, 0.5) is 14.7 Å². The molecule has 0 atom stereocenters. The van der Waals surface area contributed by atoms with E-state index in [2.05, 4.69) is 17.2 Å². The molecule has 2 aliphatic rings. The van der Waals surface area contributed by atoms with E-state index in [0.717, 1.165) is 38.2 Å². The molecule has 6 heteroatoms. The van der Waals surface area contributed by atoms with E-state index in [0.29, 0.717) is 12.4 Å². The first-order valence-electron chi connectivity index (χ1n) is 8.48. The highest BCUT2D eigenvalue weighted by Crippen LogP contribution is 2.48. The van der Waals surface area contributed by atoms with Crippen LogP contribution < -0.4 is 5.32 Å². The number of carbonyl (C=O) groups excluding carboxylic acids is 1. The van der Waals surface area contributed by atoms with Crippen LogP contribution in [0, 0.1) is 17.0 Å². The van der Waals surface area contributed by atoms with Gasteiger partial charge in [0, 0.05) is 24.1 Å². The quantitative estimate of drug-likeness (QED) is 0.904. The summed E-state index contributed by atoms with van der Waals surface area (Å²) < 4.78 is 29.7. The number of fused-ring (bicyclic) bond motifs is 1. The van der Waals surface area contributed by atoms with E-state index in [1.165, 1.54) is 6.07 Å². The fraction of sp³-hybridized carbons (Fsp3) is 0.556. The molecule has 1 aromatic carbocycles. The van der Waals surface area contributed by atoms with Crippen LogP contribution in [0.3, 0.4) is 0 Å². The Morgan fingerprint density at radius 1 is 1.25 bits per heavy atom. The number of aromatic nitrogens is 2. The molecule has 4 rings (SSSR count). The Balaban J connectivity index is 1.77. The predicted octanol–water partition coefficient (Wildman–Crippen LogP) is 4.34. The average Bonchev–Trinajstić information content (AvgIpc) is 3.04. The van der Waals surface area contributed by atoms with Crippen LogP contribution in [0.15, 0.2) is 12.1 Å². The molecule has 2 saturated carbocycles. The zero-order chi connectivity index (χ0) is 17.1. The van der Waals surface area contributed by atoms with Crippen LogP contribution in [-0.4, -0.2) is 15.5 Å². The second-order valence-electron chi connectivity index (χ2n) is 7.91. The molecule has 0 bridgehead atoms. The van der Waals surface area contributed by atoms with Crippen molar-refractivity contribution in [3.8, 4) is 0 Å². The average molecular weight is 333 g/mol. The topological polar surface area (TPSA) is 46.9 Å². The molecule has 1 N–H and O–H groups in total.